The number of hydrogen-bond donors (Lipinski definition) is 2. The van der Waals surface area contributed by atoms with E-state index in [1.165, 1.54) is 18.2 Å². The lowest BCUT2D eigenvalue weighted by Crippen LogP contribution is -2.31. The number of Topliss-reactive ketones (excluding diaryl/α,β-unsaturated/α-hetero) is 1. The average Bonchev–Trinajstić information content (AvgIpc) is 2.70. The number of benzene rings is 1. The van der Waals surface area contributed by atoms with Crippen molar-refractivity contribution in [2.24, 2.45) is 0 Å². The van der Waals surface area contributed by atoms with E-state index in [2.05, 4.69) is 15.6 Å². The molecule has 0 saturated carbocycles. The van der Waals surface area contributed by atoms with Gasteiger partial charge in [-0.15, -0.1) is 0 Å². The Labute approximate surface area is 180 Å². The number of halogens is 3. The van der Waals surface area contributed by atoms with Gasteiger partial charge in [-0.05, 0) is 38.8 Å². The van der Waals surface area contributed by atoms with Gasteiger partial charge in [0.1, 0.15) is 17.5 Å². The minimum absolute atomic E-state index is 0.0368. The Morgan fingerprint density at radius 2 is 2.00 bits per heavy atom. The molecule has 160 valence electrons. The van der Waals surface area contributed by atoms with E-state index in [4.69, 9.17) is 11.6 Å². The zero-order valence-electron chi connectivity index (χ0n) is 17.4. The van der Waals surface area contributed by atoms with Crippen LogP contribution in [0.15, 0.2) is 35.7 Å². The summed E-state index contributed by atoms with van der Waals surface area (Å²) < 4.78 is 28.5. The Balaban J connectivity index is 1.92. The first kappa shape index (κ1) is 22.0. The highest BCUT2D eigenvalue weighted by Crippen LogP contribution is 2.41. The summed E-state index contributed by atoms with van der Waals surface area (Å²) in [6.07, 6.45) is 2.45. The van der Waals surface area contributed by atoms with E-state index < -0.39 is 5.82 Å². The molecule has 1 aliphatic heterocycles. The zero-order chi connectivity index (χ0) is 22.0. The summed E-state index contributed by atoms with van der Waals surface area (Å²) in [6, 6.07) is 4.19. The molecule has 8 heteroatoms. The molecule has 0 aliphatic carbocycles. The molecule has 3 rings (SSSR count). The molecule has 1 atom stereocenters. The van der Waals surface area contributed by atoms with Crippen LogP contribution in [0.25, 0.3) is 0 Å². The van der Waals surface area contributed by atoms with Crippen LogP contribution >= 0.6 is 11.6 Å². The van der Waals surface area contributed by atoms with Crippen molar-refractivity contribution in [2.45, 2.75) is 32.6 Å². The predicted molar refractivity (Wildman–Crippen MR) is 116 cm³/mol. The van der Waals surface area contributed by atoms with E-state index in [1.807, 2.05) is 18.9 Å². The molecular weight excluding hydrogens is 410 g/mol. The van der Waals surface area contributed by atoms with Crippen molar-refractivity contribution >= 4 is 34.6 Å². The Hall–Kier alpha value is -2.67. The minimum atomic E-state index is -0.496. The summed E-state index contributed by atoms with van der Waals surface area (Å²) in [5.41, 5.74) is 3.01. The highest BCUT2D eigenvalue weighted by Gasteiger charge is 2.28. The molecule has 0 spiro atoms. The first-order chi connectivity index (χ1) is 14.2. The second kappa shape index (κ2) is 9.00. The molecule has 30 heavy (non-hydrogen) atoms. The summed E-state index contributed by atoms with van der Waals surface area (Å²) in [6.45, 7) is 3.91. The Morgan fingerprint density at radius 3 is 2.63 bits per heavy atom. The van der Waals surface area contributed by atoms with Crippen LogP contribution in [0, 0.1) is 11.6 Å². The van der Waals surface area contributed by atoms with Crippen molar-refractivity contribution in [3.8, 4) is 0 Å². The number of pyridine rings is 1. The number of anilines is 3. The van der Waals surface area contributed by atoms with Gasteiger partial charge in [-0.25, -0.2) is 13.8 Å². The molecule has 1 fully saturated rings. The predicted octanol–water partition coefficient (Wildman–Crippen LogP) is 5.47. The number of carbonyl (C=O) groups is 1. The molecule has 0 bridgehead atoms. The minimum Gasteiger partial charge on any atom is -0.377 e. The van der Waals surface area contributed by atoms with Crippen LogP contribution in [0.2, 0.25) is 5.02 Å². The number of nitrogens with zero attached hydrogens (tertiary/aromatic N) is 2. The highest BCUT2D eigenvalue weighted by molar-refractivity contribution is 6.34. The standard InChI is InChI=1S/C22H25ClF2N4O/c1-12(13(2)30)19-8-5-14(11-29(19)4)20-16(25)6-7-17(21(20)23)28-18-9-15(24)10-27-22(18)26-3/h6-7,9-10,14,28H,5,8,11H2,1-4H3,(H,26,27)/b19-12+/t14-/m0/s1. The van der Waals surface area contributed by atoms with Crippen molar-refractivity contribution < 1.29 is 13.6 Å². The van der Waals surface area contributed by atoms with E-state index in [9.17, 15) is 13.6 Å². The number of allylic oxidation sites excluding steroid dienone is 2. The fourth-order valence-corrected chi connectivity index (χ4v) is 4.22. The molecular formula is C22H25ClF2N4O. The number of likely N-dealkylation sites (N-methyl/N-ethyl adjacent to an activating group) is 1. The third-order valence-electron chi connectivity index (χ3n) is 5.54. The van der Waals surface area contributed by atoms with Crippen LogP contribution in [-0.4, -0.2) is 36.3 Å². The number of aromatic nitrogens is 1. The summed E-state index contributed by atoms with van der Waals surface area (Å²) >= 11 is 6.61. The number of rotatable bonds is 5. The van der Waals surface area contributed by atoms with Gasteiger partial charge in [0.15, 0.2) is 5.78 Å². The van der Waals surface area contributed by atoms with Crippen molar-refractivity contribution in [2.75, 3.05) is 31.3 Å². The van der Waals surface area contributed by atoms with E-state index in [0.29, 0.717) is 42.1 Å². The summed E-state index contributed by atoms with van der Waals surface area (Å²) in [5, 5.41) is 6.21. The number of carbonyl (C=O) groups excluding carboxylic acids is 1. The molecule has 0 unspecified atom stereocenters. The molecule has 5 nitrogen and oxygen atoms in total. The second-order valence-electron chi connectivity index (χ2n) is 7.49. The fourth-order valence-electron chi connectivity index (χ4n) is 3.87. The van der Waals surface area contributed by atoms with E-state index in [0.717, 1.165) is 17.5 Å². The maximum Gasteiger partial charge on any atom is 0.157 e. The molecule has 2 heterocycles. The first-order valence-electron chi connectivity index (χ1n) is 9.73. The SMILES string of the molecule is CNc1ncc(F)cc1Nc1ccc(F)c([C@H]2CC/C(=C(/C)C(C)=O)N(C)C2)c1Cl. The van der Waals surface area contributed by atoms with E-state index in [1.54, 1.807) is 14.0 Å². The normalized spacial score (nSPS) is 18.2. The topological polar surface area (TPSA) is 57.3 Å². The van der Waals surface area contributed by atoms with Gasteiger partial charge < -0.3 is 15.5 Å². The van der Waals surface area contributed by atoms with Gasteiger partial charge in [-0.1, -0.05) is 11.6 Å². The van der Waals surface area contributed by atoms with Crippen LogP contribution in [0.3, 0.4) is 0 Å². The maximum atomic E-state index is 14.8. The smallest absolute Gasteiger partial charge is 0.157 e. The third kappa shape index (κ3) is 4.41. The molecule has 0 radical (unpaired) electrons. The largest absolute Gasteiger partial charge is 0.377 e. The van der Waals surface area contributed by atoms with Gasteiger partial charge in [0.2, 0.25) is 0 Å². The van der Waals surface area contributed by atoms with Crippen LogP contribution in [0.5, 0.6) is 0 Å². The monoisotopic (exact) mass is 434 g/mol. The van der Waals surface area contributed by atoms with E-state index >= 15 is 0 Å². The van der Waals surface area contributed by atoms with Gasteiger partial charge in [0, 0.05) is 49.5 Å². The molecule has 1 aliphatic rings. The van der Waals surface area contributed by atoms with Crippen molar-refractivity contribution in [1.29, 1.82) is 0 Å². The van der Waals surface area contributed by atoms with Gasteiger partial charge in [0.25, 0.3) is 0 Å². The second-order valence-corrected chi connectivity index (χ2v) is 7.87. The highest BCUT2D eigenvalue weighted by atomic mass is 35.5. The van der Waals surface area contributed by atoms with Crippen molar-refractivity contribution in [1.82, 2.24) is 9.88 Å². The van der Waals surface area contributed by atoms with Crippen LogP contribution in [-0.2, 0) is 4.79 Å². The van der Waals surface area contributed by atoms with Crippen LogP contribution < -0.4 is 10.6 Å². The lowest BCUT2D eigenvalue weighted by molar-refractivity contribution is -0.113. The molecule has 2 N–H and O–H groups in total. The molecule has 1 aromatic carbocycles. The maximum absolute atomic E-state index is 14.8. The number of ketones is 1. The molecule has 2 aromatic rings. The summed E-state index contributed by atoms with van der Waals surface area (Å²) in [7, 11) is 3.58. The lowest BCUT2D eigenvalue weighted by atomic mass is 9.87. The number of hydrogen-bond acceptors (Lipinski definition) is 5. The van der Waals surface area contributed by atoms with Gasteiger partial charge in [0.05, 0.1) is 22.6 Å². The Bertz CT molecular complexity index is 1010. The summed E-state index contributed by atoms with van der Waals surface area (Å²) in [4.78, 5) is 17.7. The average molecular weight is 435 g/mol. The van der Waals surface area contributed by atoms with E-state index in [-0.39, 0.29) is 22.5 Å². The molecule has 1 saturated heterocycles. The van der Waals surface area contributed by atoms with Gasteiger partial charge >= 0.3 is 0 Å². The van der Waals surface area contributed by atoms with Crippen LogP contribution in [0.1, 0.15) is 38.2 Å². The Kier molecular flexibility index (Phi) is 6.61. The number of piperidine rings is 1. The van der Waals surface area contributed by atoms with Crippen molar-refractivity contribution in [3.63, 3.8) is 0 Å². The zero-order valence-corrected chi connectivity index (χ0v) is 18.2. The number of likely N-dealkylation sites (tertiary alicyclic amines) is 1. The lowest BCUT2D eigenvalue weighted by Gasteiger charge is -2.35. The quantitative estimate of drug-likeness (QED) is 0.611. The summed E-state index contributed by atoms with van der Waals surface area (Å²) in [5.74, 6) is -0.531. The van der Waals surface area contributed by atoms with Gasteiger partial charge in [-0.2, -0.15) is 0 Å². The van der Waals surface area contributed by atoms with Crippen LogP contribution in [0.4, 0.5) is 26.0 Å². The number of nitrogens with one attached hydrogen (secondary N) is 2. The fraction of sp³-hybridized carbons (Fsp3) is 0.364. The molecule has 1 aromatic heterocycles. The Morgan fingerprint density at radius 1 is 1.27 bits per heavy atom. The van der Waals surface area contributed by atoms with Crippen molar-refractivity contribution in [3.05, 3.63) is 57.9 Å². The van der Waals surface area contributed by atoms with Gasteiger partial charge in [-0.3, -0.25) is 4.79 Å². The first-order valence-corrected chi connectivity index (χ1v) is 10.1. The third-order valence-corrected chi connectivity index (χ3v) is 5.95. The molecule has 0 amide bonds.